The molecular weight excluding hydrogens is 288 g/mol. The van der Waals surface area contributed by atoms with E-state index in [1.165, 1.54) is 0 Å². The summed E-state index contributed by atoms with van der Waals surface area (Å²) in [7, 11) is 0. The summed E-state index contributed by atoms with van der Waals surface area (Å²) in [4.78, 5) is 14.7. The Labute approximate surface area is 140 Å². The second-order valence-electron chi connectivity index (χ2n) is 7.50. The van der Waals surface area contributed by atoms with Crippen LogP contribution in [0.25, 0.3) is 0 Å². The predicted molar refractivity (Wildman–Crippen MR) is 93.2 cm³/mol. The van der Waals surface area contributed by atoms with Gasteiger partial charge in [0.15, 0.2) is 0 Å². The number of carbonyl (C=O) groups excluding carboxylic acids is 1. The Hall–Kier alpha value is -1.36. The topological polar surface area (TPSA) is 64.2 Å². The van der Waals surface area contributed by atoms with Gasteiger partial charge >= 0.3 is 0 Å². The van der Waals surface area contributed by atoms with E-state index in [1.54, 1.807) is 0 Å². The van der Waals surface area contributed by atoms with Gasteiger partial charge < -0.3 is 10.6 Å². The van der Waals surface area contributed by atoms with Crippen molar-refractivity contribution in [1.82, 2.24) is 14.7 Å². The Balaban J connectivity index is 2.07. The molecule has 0 aromatic carbocycles. The fraction of sp³-hybridized carbons (Fsp3) is 0.778. The molecule has 0 saturated carbocycles. The second kappa shape index (κ2) is 7.47. The predicted octanol–water partition coefficient (Wildman–Crippen LogP) is 2.28. The van der Waals surface area contributed by atoms with Crippen LogP contribution in [0.15, 0.2) is 0 Å². The Morgan fingerprint density at radius 3 is 2.65 bits per heavy atom. The van der Waals surface area contributed by atoms with Gasteiger partial charge in [-0.25, -0.2) is 0 Å². The summed E-state index contributed by atoms with van der Waals surface area (Å²) in [5.74, 6) is 1.19. The van der Waals surface area contributed by atoms with Crippen molar-refractivity contribution < 1.29 is 4.79 Å². The van der Waals surface area contributed by atoms with Crippen LogP contribution in [0.3, 0.4) is 0 Å². The molecule has 130 valence electrons. The van der Waals surface area contributed by atoms with Crippen molar-refractivity contribution in [3.8, 4) is 0 Å². The molecule has 1 aromatic heterocycles. The highest BCUT2D eigenvalue weighted by Gasteiger charge is 2.27. The zero-order valence-corrected chi connectivity index (χ0v) is 15.3. The van der Waals surface area contributed by atoms with Gasteiger partial charge in [-0.3, -0.25) is 9.48 Å². The Morgan fingerprint density at radius 2 is 2.04 bits per heavy atom. The number of amides is 1. The van der Waals surface area contributed by atoms with Crippen LogP contribution in [-0.4, -0.2) is 39.7 Å². The van der Waals surface area contributed by atoms with E-state index in [0.717, 1.165) is 49.4 Å². The first-order valence-electron chi connectivity index (χ1n) is 8.85. The third-order valence-corrected chi connectivity index (χ3v) is 4.95. The molecule has 2 unspecified atom stereocenters. The van der Waals surface area contributed by atoms with Crippen LogP contribution in [0.2, 0.25) is 0 Å². The van der Waals surface area contributed by atoms with Gasteiger partial charge in [0.05, 0.1) is 12.1 Å². The van der Waals surface area contributed by atoms with E-state index in [-0.39, 0.29) is 11.9 Å². The number of hydrogen-bond donors (Lipinski definition) is 1. The SMILES string of the molecule is Cc1nn(CC(C)C)c(C)c1CC(=O)N1CCCC(C(C)N)C1. The molecule has 0 bridgehead atoms. The molecule has 1 aliphatic rings. The van der Waals surface area contributed by atoms with Crippen molar-refractivity contribution in [2.24, 2.45) is 17.6 Å². The standard InChI is InChI=1S/C18H32N4O/c1-12(2)10-22-15(5)17(14(4)20-22)9-18(23)21-8-6-7-16(11-21)13(3)19/h12-13,16H,6-11,19H2,1-5H3. The lowest BCUT2D eigenvalue weighted by Crippen LogP contribution is -2.45. The molecular formula is C18H32N4O. The van der Waals surface area contributed by atoms with Crippen molar-refractivity contribution in [2.75, 3.05) is 13.1 Å². The Kier molecular flexibility index (Phi) is 5.84. The number of piperidine rings is 1. The van der Waals surface area contributed by atoms with E-state index in [0.29, 0.717) is 18.3 Å². The van der Waals surface area contributed by atoms with Gasteiger partial charge in [0, 0.05) is 36.9 Å². The minimum Gasteiger partial charge on any atom is -0.342 e. The summed E-state index contributed by atoms with van der Waals surface area (Å²) < 4.78 is 2.05. The summed E-state index contributed by atoms with van der Waals surface area (Å²) in [5.41, 5.74) is 9.24. The molecule has 5 nitrogen and oxygen atoms in total. The van der Waals surface area contributed by atoms with Crippen molar-refractivity contribution in [3.63, 3.8) is 0 Å². The van der Waals surface area contributed by atoms with Gasteiger partial charge in [-0.2, -0.15) is 5.10 Å². The maximum absolute atomic E-state index is 12.7. The van der Waals surface area contributed by atoms with E-state index in [4.69, 9.17) is 5.73 Å². The normalized spacial score (nSPS) is 20.1. The monoisotopic (exact) mass is 320 g/mol. The number of aryl methyl sites for hydroxylation is 1. The van der Waals surface area contributed by atoms with Crippen molar-refractivity contribution in [2.45, 2.75) is 66.5 Å². The molecule has 2 rings (SSSR count). The van der Waals surface area contributed by atoms with Crippen LogP contribution >= 0.6 is 0 Å². The first kappa shape index (κ1) is 18.0. The molecule has 5 heteroatoms. The maximum atomic E-state index is 12.7. The Bertz CT molecular complexity index is 547. The average Bonchev–Trinajstić information content (AvgIpc) is 2.74. The van der Waals surface area contributed by atoms with Crippen LogP contribution in [0.1, 0.15) is 50.6 Å². The minimum atomic E-state index is 0.155. The van der Waals surface area contributed by atoms with Crippen LogP contribution in [-0.2, 0) is 17.8 Å². The summed E-state index contributed by atoms with van der Waals surface area (Å²) >= 11 is 0. The van der Waals surface area contributed by atoms with Gasteiger partial charge in [-0.05, 0) is 45.4 Å². The summed E-state index contributed by atoms with van der Waals surface area (Å²) in [6.07, 6.45) is 2.65. The molecule has 1 amide bonds. The molecule has 1 fully saturated rings. The van der Waals surface area contributed by atoms with Gasteiger partial charge in [0.1, 0.15) is 0 Å². The smallest absolute Gasteiger partial charge is 0.227 e. The number of rotatable bonds is 5. The number of aromatic nitrogens is 2. The number of carbonyl (C=O) groups is 1. The van der Waals surface area contributed by atoms with E-state index in [9.17, 15) is 4.79 Å². The van der Waals surface area contributed by atoms with E-state index >= 15 is 0 Å². The molecule has 2 N–H and O–H groups in total. The molecule has 2 heterocycles. The van der Waals surface area contributed by atoms with Gasteiger partial charge in [-0.15, -0.1) is 0 Å². The fourth-order valence-electron chi connectivity index (χ4n) is 3.44. The minimum absolute atomic E-state index is 0.155. The first-order chi connectivity index (χ1) is 10.8. The van der Waals surface area contributed by atoms with Crippen LogP contribution in [0, 0.1) is 25.7 Å². The lowest BCUT2D eigenvalue weighted by molar-refractivity contribution is -0.132. The number of nitrogens with zero attached hydrogens (tertiary/aromatic N) is 3. The van der Waals surface area contributed by atoms with Gasteiger partial charge in [0.2, 0.25) is 5.91 Å². The van der Waals surface area contributed by atoms with Crippen LogP contribution < -0.4 is 5.73 Å². The Morgan fingerprint density at radius 1 is 1.35 bits per heavy atom. The quantitative estimate of drug-likeness (QED) is 0.905. The maximum Gasteiger partial charge on any atom is 0.227 e. The molecule has 1 saturated heterocycles. The lowest BCUT2D eigenvalue weighted by Gasteiger charge is -2.34. The van der Waals surface area contributed by atoms with Crippen LogP contribution in [0.5, 0.6) is 0 Å². The first-order valence-corrected chi connectivity index (χ1v) is 8.85. The highest BCUT2D eigenvalue weighted by atomic mass is 16.2. The number of hydrogen-bond acceptors (Lipinski definition) is 3. The summed E-state index contributed by atoms with van der Waals surface area (Å²) in [5, 5.41) is 4.62. The van der Waals surface area contributed by atoms with Gasteiger partial charge in [-0.1, -0.05) is 13.8 Å². The molecule has 23 heavy (non-hydrogen) atoms. The van der Waals surface area contributed by atoms with Crippen LogP contribution in [0.4, 0.5) is 0 Å². The summed E-state index contributed by atoms with van der Waals surface area (Å²) in [6, 6.07) is 0.155. The molecule has 0 spiro atoms. The largest absolute Gasteiger partial charge is 0.342 e. The lowest BCUT2D eigenvalue weighted by atomic mass is 9.92. The molecule has 0 radical (unpaired) electrons. The molecule has 1 aliphatic heterocycles. The van der Waals surface area contributed by atoms with E-state index in [2.05, 4.69) is 25.9 Å². The molecule has 1 aromatic rings. The number of nitrogens with two attached hydrogens (primary N) is 1. The van der Waals surface area contributed by atoms with E-state index < -0.39 is 0 Å². The molecule has 2 atom stereocenters. The number of likely N-dealkylation sites (tertiary alicyclic amines) is 1. The fourth-order valence-corrected chi connectivity index (χ4v) is 3.44. The van der Waals surface area contributed by atoms with Gasteiger partial charge in [0.25, 0.3) is 0 Å². The van der Waals surface area contributed by atoms with Crippen molar-refractivity contribution >= 4 is 5.91 Å². The average molecular weight is 320 g/mol. The molecule has 0 aliphatic carbocycles. The summed E-state index contributed by atoms with van der Waals surface area (Å²) in [6.45, 7) is 13.1. The van der Waals surface area contributed by atoms with Crippen molar-refractivity contribution in [3.05, 3.63) is 17.0 Å². The third-order valence-electron chi connectivity index (χ3n) is 4.95. The zero-order chi connectivity index (χ0) is 17.1. The zero-order valence-electron chi connectivity index (χ0n) is 15.3. The van der Waals surface area contributed by atoms with Crippen molar-refractivity contribution in [1.29, 1.82) is 0 Å². The second-order valence-corrected chi connectivity index (χ2v) is 7.50. The third kappa shape index (κ3) is 4.34. The highest BCUT2D eigenvalue weighted by Crippen LogP contribution is 2.21. The highest BCUT2D eigenvalue weighted by molar-refractivity contribution is 5.79. The van der Waals surface area contributed by atoms with E-state index in [1.807, 2.05) is 23.4 Å².